The maximum absolute atomic E-state index is 13.2. The van der Waals surface area contributed by atoms with Gasteiger partial charge in [-0.2, -0.15) is 9.40 Å². The number of hydrogen-bond acceptors (Lipinski definition) is 3. The fraction of sp³-hybridized carbons (Fsp3) is 0.471. The summed E-state index contributed by atoms with van der Waals surface area (Å²) in [5.41, 5.74) is 1.64. The molecule has 23 heavy (non-hydrogen) atoms. The number of aromatic nitrogens is 2. The molecule has 0 radical (unpaired) electrons. The molecule has 1 aliphatic heterocycles. The summed E-state index contributed by atoms with van der Waals surface area (Å²) in [6.07, 6.45) is 4.48. The summed E-state index contributed by atoms with van der Waals surface area (Å²) < 4.78 is 29.7. The van der Waals surface area contributed by atoms with Gasteiger partial charge in [-0.15, -0.1) is 0 Å². The molecule has 0 N–H and O–H groups in total. The highest BCUT2D eigenvalue weighted by Gasteiger charge is 2.36. The number of rotatable bonds is 4. The smallest absolute Gasteiger partial charge is 0.247 e. The third-order valence-corrected chi connectivity index (χ3v) is 6.46. The summed E-state index contributed by atoms with van der Waals surface area (Å²) in [5, 5.41) is 4.30. The number of nitrogens with zero attached hydrogens (tertiary/aromatic N) is 3. The molecule has 5 nitrogen and oxygen atoms in total. The van der Waals surface area contributed by atoms with Crippen LogP contribution in [0.4, 0.5) is 0 Å². The van der Waals surface area contributed by atoms with Crippen molar-refractivity contribution in [1.29, 1.82) is 0 Å². The number of benzene rings is 1. The van der Waals surface area contributed by atoms with Crippen molar-refractivity contribution in [2.75, 3.05) is 6.54 Å². The van der Waals surface area contributed by atoms with E-state index in [1.165, 1.54) is 0 Å². The Morgan fingerprint density at radius 3 is 2.61 bits per heavy atom. The Kier molecular flexibility index (Phi) is 4.55. The molecule has 1 aliphatic rings. The lowest BCUT2D eigenvalue weighted by molar-refractivity contribution is 0.256. The first kappa shape index (κ1) is 16.2. The van der Waals surface area contributed by atoms with Gasteiger partial charge in [-0.3, -0.25) is 4.68 Å². The molecule has 0 spiro atoms. The molecular formula is C17H23N3O2S. The van der Waals surface area contributed by atoms with Gasteiger partial charge >= 0.3 is 0 Å². The minimum Gasteiger partial charge on any atom is -0.271 e. The van der Waals surface area contributed by atoms with Gasteiger partial charge in [-0.05, 0) is 32.3 Å². The zero-order valence-corrected chi connectivity index (χ0v) is 14.5. The van der Waals surface area contributed by atoms with Crippen LogP contribution in [0.2, 0.25) is 0 Å². The SMILES string of the molecule is CCn1cc(S(=O)(=O)N2CCCC[C@H]2c2ccccc2)c(C)n1. The normalized spacial score (nSPS) is 19.8. The van der Waals surface area contributed by atoms with Crippen molar-refractivity contribution < 1.29 is 8.42 Å². The Balaban J connectivity index is 2.00. The molecule has 1 atom stereocenters. The summed E-state index contributed by atoms with van der Waals surface area (Å²) in [7, 11) is -3.53. The zero-order valence-electron chi connectivity index (χ0n) is 13.6. The Morgan fingerprint density at radius 2 is 1.96 bits per heavy atom. The monoisotopic (exact) mass is 333 g/mol. The van der Waals surface area contributed by atoms with Crippen LogP contribution in [0.3, 0.4) is 0 Å². The van der Waals surface area contributed by atoms with Crippen LogP contribution in [0.1, 0.15) is 43.5 Å². The molecule has 2 aromatic rings. The van der Waals surface area contributed by atoms with Crippen LogP contribution >= 0.6 is 0 Å². The maximum Gasteiger partial charge on any atom is 0.247 e. The van der Waals surface area contributed by atoms with Crippen molar-refractivity contribution in [1.82, 2.24) is 14.1 Å². The molecule has 0 bridgehead atoms. The number of aryl methyl sites for hydroxylation is 2. The van der Waals surface area contributed by atoms with E-state index in [0.717, 1.165) is 24.8 Å². The van der Waals surface area contributed by atoms with Crippen LogP contribution < -0.4 is 0 Å². The zero-order chi connectivity index (χ0) is 16.4. The van der Waals surface area contributed by atoms with Gasteiger partial charge in [0.1, 0.15) is 4.90 Å². The molecule has 0 unspecified atom stereocenters. The second kappa shape index (κ2) is 6.45. The second-order valence-corrected chi connectivity index (χ2v) is 7.83. The molecular weight excluding hydrogens is 310 g/mol. The predicted octanol–water partition coefficient (Wildman–Crippen LogP) is 3.13. The van der Waals surface area contributed by atoms with E-state index in [0.29, 0.717) is 23.7 Å². The van der Waals surface area contributed by atoms with Crippen LogP contribution in [0.5, 0.6) is 0 Å². The molecule has 6 heteroatoms. The van der Waals surface area contributed by atoms with Crippen molar-refractivity contribution in [2.24, 2.45) is 0 Å². The molecule has 1 saturated heterocycles. The fourth-order valence-corrected chi connectivity index (χ4v) is 5.10. The minimum atomic E-state index is -3.53. The van der Waals surface area contributed by atoms with E-state index in [9.17, 15) is 8.42 Å². The van der Waals surface area contributed by atoms with E-state index in [2.05, 4.69) is 5.10 Å². The summed E-state index contributed by atoms with van der Waals surface area (Å²) in [4.78, 5) is 0.335. The lowest BCUT2D eigenvalue weighted by Crippen LogP contribution is -2.38. The van der Waals surface area contributed by atoms with E-state index < -0.39 is 10.0 Å². The second-order valence-electron chi connectivity index (χ2n) is 5.97. The number of sulfonamides is 1. The van der Waals surface area contributed by atoms with Crippen molar-refractivity contribution in [3.8, 4) is 0 Å². The van der Waals surface area contributed by atoms with Gasteiger partial charge in [0.25, 0.3) is 0 Å². The Labute approximate surface area is 138 Å². The standard InChI is InChI=1S/C17H23N3O2S/c1-3-19-13-17(14(2)18-19)23(21,22)20-12-8-7-11-16(20)15-9-5-4-6-10-15/h4-6,9-10,13,16H,3,7-8,11-12H2,1-2H3/t16-/m0/s1. The maximum atomic E-state index is 13.2. The average Bonchev–Trinajstić information content (AvgIpc) is 2.97. The third kappa shape index (κ3) is 3.05. The van der Waals surface area contributed by atoms with Gasteiger partial charge < -0.3 is 0 Å². The first-order chi connectivity index (χ1) is 11.0. The van der Waals surface area contributed by atoms with Crippen LogP contribution in [0.15, 0.2) is 41.4 Å². The van der Waals surface area contributed by atoms with Gasteiger partial charge in [0.2, 0.25) is 10.0 Å². The van der Waals surface area contributed by atoms with E-state index in [-0.39, 0.29) is 6.04 Å². The van der Waals surface area contributed by atoms with Gasteiger partial charge in [-0.1, -0.05) is 36.8 Å². The molecule has 3 rings (SSSR count). The number of hydrogen-bond donors (Lipinski definition) is 0. The molecule has 1 aromatic heterocycles. The van der Waals surface area contributed by atoms with E-state index in [1.54, 1.807) is 22.1 Å². The molecule has 1 aromatic carbocycles. The van der Waals surface area contributed by atoms with E-state index >= 15 is 0 Å². The van der Waals surface area contributed by atoms with E-state index in [1.807, 2.05) is 37.3 Å². The van der Waals surface area contributed by atoms with Crippen LogP contribution in [-0.4, -0.2) is 29.0 Å². The Hall–Kier alpha value is -1.66. The molecule has 0 saturated carbocycles. The van der Waals surface area contributed by atoms with Gasteiger partial charge in [0.05, 0.1) is 11.7 Å². The minimum absolute atomic E-state index is 0.0840. The number of piperidine rings is 1. The molecule has 124 valence electrons. The van der Waals surface area contributed by atoms with Gasteiger partial charge in [-0.25, -0.2) is 8.42 Å². The molecule has 2 heterocycles. The Bertz CT molecular complexity index is 768. The van der Waals surface area contributed by atoms with Gasteiger partial charge in [0, 0.05) is 19.3 Å². The molecule has 0 aliphatic carbocycles. The quantitative estimate of drug-likeness (QED) is 0.864. The predicted molar refractivity (Wildman–Crippen MR) is 89.6 cm³/mol. The first-order valence-electron chi connectivity index (χ1n) is 8.15. The van der Waals surface area contributed by atoms with Gasteiger partial charge in [0.15, 0.2) is 0 Å². The van der Waals surface area contributed by atoms with Crippen molar-refractivity contribution in [3.05, 3.63) is 47.8 Å². The summed E-state index contributed by atoms with van der Waals surface area (Å²) >= 11 is 0. The van der Waals surface area contributed by atoms with Crippen LogP contribution in [-0.2, 0) is 16.6 Å². The largest absolute Gasteiger partial charge is 0.271 e. The lowest BCUT2D eigenvalue weighted by atomic mass is 9.98. The molecule has 0 amide bonds. The van der Waals surface area contributed by atoms with Crippen LogP contribution in [0, 0.1) is 6.92 Å². The lowest BCUT2D eigenvalue weighted by Gasteiger charge is -2.34. The van der Waals surface area contributed by atoms with Crippen LogP contribution in [0.25, 0.3) is 0 Å². The summed E-state index contributed by atoms with van der Waals surface area (Å²) in [6, 6.07) is 9.84. The Morgan fingerprint density at radius 1 is 1.22 bits per heavy atom. The highest BCUT2D eigenvalue weighted by molar-refractivity contribution is 7.89. The average molecular weight is 333 g/mol. The van der Waals surface area contributed by atoms with E-state index in [4.69, 9.17) is 0 Å². The van der Waals surface area contributed by atoms with Crippen molar-refractivity contribution in [2.45, 2.75) is 50.6 Å². The first-order valence-corrected chi connectivity index (χ1v) is 9.59. The third-order valence-electron chi connectivity index (χ3n) is 4.45. The highest BCUT2D eigenvalue weighted by atomic mass is 32.2. The van der Waals surface area contributed by atoms with Crippen molar-refractivity contribution >= 4 is 10.0 Å². The topological polar surface area (TPSA) is 55.2 Å². The van der Waals surface area contributed by atoms with Crippen molar-refractivity contribution in [3.63, 3.8) is 0 Å². The summed E-state index contributed by atoms with van der Waals surface area (Å²) in [6.45, 7) is 4.95. The fourth-order valence-electron chi connectivity index (χ4n) is 3.24. The highest BCUT2D eigenvalue weighted by Crippen LogP contribution is 2.35. The molecule has 1 fully saturated rings. The summed E-state index contributed by atoms with van der Waals surface area (Å²) in [5.74, 6) is 0.